The molecule has 1 unspecified atom stereocenters. The minimum absolute atomic E-state index is 0.0736. The van der Waals surface area contributed by atoms with Gasteiger partial charge in [-0.25, -0.2) is 9.78 Å². The second-order valence-electron chi connectivity index (χ2n) is 7.65. The first-order valence-corrected chi connectivity index (χ1v) is 11.6. The minimum Gasteiger partial charge on any atom is -0.462 e. The average molecular weight is 479 g/mol. The van der Waals surface area contributed by atoms with E-state index in [1.807, 2.05) is 4.57 Å². The number of nitrogens with zero attached hydrogens (tertiary/aromatic N) is 4. The molecule has 0 aliphatic carbocycles. The van der Waals surface area contributed by atoms with Gasteiger partial charge in [0.25, 0.3) is 0 Å². The molecular formula is C22H31BrN4O3. The molecule has 1 aliphatic heterocycles. The summed E-state index contributed by atoms with van der Waals surface area (Å²) in [6, 6.07) is 1.89. The molecule has 0 bridgehead atoms. The first kappa shape index (κ1) is 22.9. The molecule has 164 valence electrons. The maximum atomic E-state index is 12.9. The van der Waals surface area contributed by atoms with Crippen LogP contribution in [0.3, 0.4) is 0 Å². The van der Waals surface area contributed by atoms with Crippen LogP contribution in [0.25, 0.3) is 11.0 Å². The topological polar surface area (TPSA) is 67.7 Å². The summed E-state index contributed by atoms with van der Waals surface area (Å²) in [6.07, 6.45) is 5.41. The summed E-state index contributed by atoms with van der Waals surface area (Å²) in [5, 5.41) is 0.440. The highest BCUT2D eigenvalue weighted by Crippen LogP contribution is 2.26. The quantitative estimate of drug-likeness (QED) is 0.542. The van der Waals surface area contributed by atoms with Crippen molar-refractivity contribution in [2.45, 2.75) is 39.7 Å². The molecule has 1 saturated heterocycles. The van der Waals surface area contributed by atoms with Crippen LogP contribution in [0.4, 0.5) is 0 Å². The van der Waals surface area contributed by atoms with Crippen molar-refractivity contribution in [3.05, 3.63) is 38.7 Å². The highest BCUT2D eigenvalue weighted by atomic mass is 79.9. The molecular weight excluding hydrogens is 448 g/mol. The average Bonchev–Trinajstić information content (AvgIpc) is 2.75. The number of hydrogen-bond donors (Lipinski definition) is 0. The number of aromatic nitrogens is 2. The van der Waals surface area contributed by atoms with Gasteiger partial charge in [0, 0.05) is 42.5 Å². The van der Waals surface area contributed by atoms with Gasteiger partial charge < -0.3 is 19.1 Å². The third-order valence-electron chi connectivity index (χ3n) is 5.83. The number of carbonyl (C=O) groups is 1. The molecule has 1 fully saturated rings. The third-order valence-corrected chi connectivity index (χ3v) is 6.27. The molecule has 1 atom stereocenters. The van der Waals surface area contributed by atoms with Gasteiger partial charge in [-0.2, -0.15) is 0 Å². The fourth-order valence-corrected chi connectivity index (χ4v) is 4.46. The van der Waals surface area contributed by atoms with E-state index in [1.165, 1.54) is 0 Å². The van der Waals surface area contributed by atoms with Crippen LogP contribution in [0.1, 0.15) is 50.0 Å². The highest BCUT2D eigenvalue weighted by Gasteiger charge is 2.25. The normalized spacial score (nSPS) is 17.6. The highest BCUT2D eigenvalue weighted by molar-refractivity contribution is 9.10. The number of likely N-dealkylation sites (N-methyl/N-ethyl adjacent to an activating group) is 1. The molecule has 3 heterocycles. The SMILES string of the molecule is CCOC(=O)c1cn(C2CCCN(CCN(CC)CC)C2)c2ncc(Br)cc2c1=O. The predicted octanol–water partition coefficient (Wildman–Crippen LogP) is 3.31. The second kappa shape index (κ2) is 10.5. The van der Waals surface area contributed by atoms with E-state index in [4.69, 9.17) is 4.74 Å². The Morgan fingerprint density at radius 3 is 2.80 bits per heavy atom. The summed E-state index contributed by atoms with van der Waals surface area (Å²) in [7, 11) is 0. The molecule has 0 N–H and O–H groups in total. The molecule has 2 aromatic rings. The minimum atomic E-state index is -0.577. The Labute approximate surface area is 186 Å². The Balaban J connectivity index is 1.94. The summed E-state index contributed by atoms with van der Waals surface area (Å²) in [5.74, 6) is -0.577. The zero-order valence-corrected chi connectivity index (χ0v) is 19.7. The zero-order chi connectivity index (χ0) is 21.7. The molecule has 0 saturated carbocycles. The lowest BCUT2D eigenvalue weighted by molar-refractivity contribution is 0.0523. The van der Waals surface area contributed by atoms with Crippen molar-refractivity contribution >= 4 is 32.9 Å². The largest absolute Gasteiger partial charge is 0.462 e. The number of pyridine rings is 2. The number of rotatable bonds is 8. The van der Waals surface area contributed by atoms with Gasteiger partial charge in [0.05, 0.1) is 12.0 Å². The van der Waals surface area contributed by atoms with Gasteiger partial charge >= 0.3 is 5.97 Å². The molecule has 2 aromatic heterocycles. The van der Waals surface area contributed by atoms with Crippen molar-refractivity contribution in [2.75, 3.05) is 45.9 Å². The number of piperidine rings is 1. The number of hydrogen-bond acceptors (Lipinski definition) is 6. The lowest BCUT2D eigenvalue weighted by Crippen LogP contribution is -2.41. The standard InChI is InChI=1S/C22H31BrN4O3/c1-4-25(5-2)10-11-26-9-7-8-17(14-26)27-15-19(22(29)30-6-3)20(28)18-12-16(23)13-24-21(18)27/h12-13,15,17H,4-11,14H2,1-3H3. The molecule has 0 radical (unpaired) electrons. The van der Waals surface area contributed by atoms with Crippen molar-refractivity contribution < 1.29 is 9.53 Å². The third kappa shape index (κ3) is 5.10. The Kier molecular flexibility index (Phi) is 8.02. The number of likely N-dealkylation sites (tertiary alicyclic amines) is 1. The van der Waals surface area contributed by atoms with Crippen molar-refractivity contribution in [3.63, 3.8) is 0 Å². The summed E-state index contributed by atoms with van der Waals surface area (Å²) in [4.78, 5) is 34.8. The Morgan fingerprint density at radius 1 is 1.33 bits per heavy atom. The zero-order valence-electron chi connectivity index (χ0n) is 18.1. The molecule has 30 heavy (non-hydrogen) atoms. The molecule has 8 heteroatoms. The van der Waals surface area contributed by atoms with Gasteiger partial charge in [0.15, 0.2) is 0 Å². The van der Waals surface area contributed by atoms with Crippen molar-refractivity contribution in [1.82, 2.24) is 19.4 Å². The van der Waals surface area contributed by atoms with Crippen LogP contribution in [0.15, 0.2) is 27.7 Å². The van der Waals surface area contributed by atoms with E-state index in [9.17, 15) is 9.59 Å². The van der Waals surface area contributed by atoms with E-state index >= 15 is 0 Å². The van der Waals surface area contributed by atoms with Gasteiger partial charge in [-0.3, -0.25) is 4.79 Å². The van der Waals surface area contributed by atoms with Crippen molar-refractivity contribution in [3.8, 4) is 0 Å². The Morgan fingerprint density at radius 2 is 2.10 bits per heavy atom. The van der Waals surface area contributed by atoms with E-state index in [0.29, 0.717) is 15.5 Å². The fraction of sp³-hybridized carbons (Fsp3) is 0.591. The van der Waals surface area contributed by atoms with Gasteiger partial charge in [0.2, 0.25) is 5.43 Å². The first-order chi connectivity index (χ1) is 14.5. The number of halogens is 1. The van der Waals surface area contributed by atoms with E-state index in [1.54, 1.807) is 25.4 Å². The van der Waals surface area contributed by atoms with Gasteiger partial charge in [-0.1, -0.05) is 13.8 Å². The van der Waals surface area contributed by atoms with Crippen molar-refractivity contribution in [1.29, 1.82) is 0 Å². The lowest BCUT2D eigenvalue weighted by atomic mass is 10.0. The molecule has 0 amide bonds. The molecule has 7 nitrogen and oxygen atoms in total. The van der Waals surface area contributed by atoms with Crippen molar-refractivity contribution in [2.24, 2.45) is 0 Å². The summed E-state index contributed by atoms with van der Waals surface area (Å²) < 4.78 is 7.87. The number of carbonyl (C=O) groups excluding carboxylic acids is 1. The number of ether oxygens (including phenoxy) is 1. The Bertz CT molecular complexity index is 942. The van der Waals surface area contributed by atoms with Crippen LogP contribution >= 0.6 is 15.9 Å². The van der Waals surface area contributed by atoms with E-state index < -0.39 is 5.97 Å². The van der Waals surface area contributed by atoms with Crippen LogP contribution in [0.2, 0.25) is 0 Å². The second-order valence-corrected chi connectivity index (χ2v) is 8.56. The van der Waals surface area contributed by atoms with Gasteiger partial charge in [-0.15, -0.1) is 0 Å². The van der Waals surface area contributed by atoms with Crippen LogP contribution < -0.4 is 5.43 Å². The smallest absolute Gasteiger partial charge is 0.343 e. The number of fused-ring (bicyclic) bond motifs is 1. The van der Waals surface area contributed by atoms with E-state index in [2.05, 4.69) is 44.6 Å². The molecule has 3 rings (SSSR count). The van der Waals surface area contributed by atoms with Crippen LogP contribution in [-0.4, -0.2) is 71.2 Å². The monoisotopic (exact) mass is 478 g/mol. The molecule has 0 spiro atoms. The Hall–Kier alpha value is -1.77. The summed E-state index contributed by atoms with van der Waals surface area (Å²) in [6.45, 7) is 12.5. The van der Waals surface area contributed by atoms with Crippen LogP contribution in [-0.2, 0) is 4.74 Å². The summed E-state index contributed by atoms with van der Waals surface area (Å²) >= 11 is 3.40. The fourth-order valence-electron chi connectivity index (χ4n) is 4.13. The van der Waals surface area contributed by atoms with E-state index in [0.717, 1.165) is 52.1 Å². The molecule has 0 aromatic carbocycles. The van der Waals surface area contributed by atoms with E-state index in [-0.39, 0.29) is 23.6 Å². The first-order valence-electron chi connectivity index (χ1n) is 10.8. The molecule has 1 aliphatic rings. The van der Waals surface area contributed by atoms with Gasteiger partial charge in [-0.05, 0) is 61.4 Å². The maximum absolute atomic E-state index is 12.9. The number of esters is 1. The predicted molar refractivity (Wildman–Crippen MR) is 122 cm³/mol. The summed E-state index contributed by atoms with van der Waals surface area (Å²) in [5.41, 5.74) is 0.360. The van der Waals surface area contributed by atoms with Gasteiger partial charge in [0.1, 0.15) is 11.2 Å². The van der Waals surface area contributed by atoms with Crippen LogP contribution in [0, 0.1) is 0 Å². The van der Waals surface area contributed by atoms with Crippen LogP contribution in [0.5, 0.6) is 0 Å². The maximum Gasteiger partial charge on any atom is 0.343 e. The lowest BCUT2D eigenvalue weighted by Gasteiger charge is -2.35.